The summed E-state index contributed by atoms with van der Waals surface area (Å²) in [7, 11) is -2.70. The van der Waals surface area contributed by atoms with Crippen LogP contribution in [0, 0.1) is 0 Å². The number of benzene rings is 2. The monoisotopic (exact) mass is 528 g/mol. The maximum absolute atomic E-state index is 12.9. The molecule has 0 radical (unpaired) electrons. The van der Waals surface area contributed by atoms with E-state index < -0.39 is 21.9 Å². The molecule has 30 heavy (non-hydrogen) atoms. The molecule has 0 aliphatic heterocycles. The molecule has 0 aliphatic rings. The fraction of sp³-hybridized carbons (Fsp3) is 0.0526. The highest BCUT2D eigenvalue weighted by Crippen LogP contribution is 2.29. The summed E-state index contributed by atoms with van der Waals surface area (Å²) in [5.41, 5.74) is 0.517. The number of amides is 1. The van der Waals surface area contributed by atoms with Crippen molar-refractivity contribution in [3.05, 3.63) is 74.5 Å². The molecule has 7 nitrogen and oxygen atoms in total. The zero-order valence-corrected chi connectivity index (χ0v) is 19.3. The summed E-state index contributed by atoms with van der Waals surface area (Å²) in [6.45, 7) is 0. The second-order valence-corrected chi connectivity index (χ2v) is 10.4. The minimum Gasteiger partial charge on any atom is -0.465 e. The summed E-state index contributed by atoms with van der Waals surface area (Å²) >= 11 is 9.99. The van der Waals surface area contributed by atoms with Crippen molar-refractivity contribution >= 4 is 72.1 Å². The molecule has 0 spiro atoms. The van der Waals surface area contributed by atoms with Gasteiger partial charge in [0, 0.05) is 4.47 Å². The van der Waals surface area contributed by atoms with E-state index in [-0.39, 0.29) is 26.7 Å². The SMILES string of the molecule is COC(=O)c1cc(Br)ccc1NC(=O)c1ccccc1NS(=O)(=O)c1ccc(Cl)s1. The van der Waals surface area contributed by atoms with Crippen LogP contribution >= 0.6 is 38.9 Å². The first-order valence-electron chi connectivity index (χ1n) is 8.27. The van der Waals surface area contributed by atoms with Crippen LogP contribution in [0.2, 0.25) is 4.34 Å². The largest absolute Gasteiger partial charge is 0.465 e. The van der Waals surface area contributed by atoms with Crippen LogP contribution in [-0.2, 0) is 14.8 Å². The van der Waals surface area contributed by atoms with Crippen LogP contribution in [0.15, 0.2) is 63.3 Å². The van der Waals surface area contributed by atoms with Crippen molar-refractivity contribution < 1.29 is 22.7 Å². The summed E-state index contributed by atoms with van der Waals surface area (Å²) < 4.78 is 33.3. The molecule has 11 heteroatoms. The van der Waals surface area contributed by atoms with Gasteiger partial charge in [0.2, 0.25) is 0 Å². The normalized spacial score (nSPS) is 11.0. The maximum Gasteiger partial charge on any atom is 0.340 e. The number of hydrogen-bond donors (Lipinski definition) is 2. The molecule has 0 unspecified atom stereocenters. The molecule has 0 bridgehead atoms. The Morgan fingerprint density at radius 2 is 1.77 bits per heavy atom. The molecule has 3 aromatic rings. The lowest BCUT2D eigenvalue weighted by Gasteiger charge is -2.14. The number of anilines is 2. The van der Waals surface area contributed by atoms with Crippen molar-refractivity contribution in [1.29, 1.82) is 0 Å². The Kier molecular flexibility index (Phi) is 6.81. The minimum atomic E-state index is -3.93. The van der Waals surface area contributed by atoms with Gasteiger partial charge in [0.15, 0.2) is 0 Å². The fourth-order valence-electron chi connectivity index (χ4n) is 2.50. The number of halogens is 2. The van der Waals surface area contributed by atoms with Gasteiger partial charge in [-0.15, -0.1) is 11.3 Å². The molecule has 0 aliphatic carbocycles. The lowest BCUT2D eigenvalue weighted by molar-refractivity contribution is 0.0602. The third-order valence-electron chi connectivity index (χ3n) is 3.86. The number of para-hydroxylation sites is 1. The lowest BCUT2D eigenvalue weighted by Crippen LogP contribution is -2.19. The van der Waals surface area contributed by atoms with E-state index in [2.05, 4.69) is 26.0 Å². The summed E-state index contributed by atoms with van der Waals surface area (Å²) in [4.78, 5) is 24.9. The molecule has 0 fully saturated rings. The number of thiophene rings is 1. The predicted molar refractivity (Wildman–Crippen MR) is 120 cm³/mol. The first-order valence-corrected chi connectivity index (χ1v) is 11.7. The predicted octanol–water partition coefficient (Wildman–Crippen LogP) is 5.00. The number of methoxy groups -OCH3 is 1. The van der Waals surface area contributed by atoms with Crippen molar-refractivity contribution in [2.45, 2.75) is 4.21 Å². The van der Waals surface area contributed by atoms with E-state index in [9.17, 15) is 18.0 Å². The van der Waals surface area contributed by atoms with Crippen LogP contribution in [0.5, 0.6) is 0 Å². The number of rotatable bonds is 6. The molecule has 1 aromatic heterocycles. The van der Waals surface area contributed by atoms with E-state index in [0.29, 0.717) is 8.81 Å². The molecule has 0 saturated carbocycles. The molecule has 1 heterocycles. The number of carbonyl (C=O) groups is 2. The quantitative estimate of drug-likeness (QED) is 0.437. The van der Waals surface area contributed by atoms with Crippen LogP contribution in [0.25, 0.3) is 0 Å². The Hall–Kier alpha value is -2.40. The van der Waals surface area contributed by atoms with Gasteiger partial charge in [-0.2, -0.15) is 0 Å². The molecule has 3 rings (SSSR count). The highest BCUT2D eigenvalue weighted by atomic mass is 79.9. The van der Waals surface area contributed by atoms with Crippen molar-refractivity contribution in [2.75, 3.05) is 17.1 Å². The van der Waals surface area contributed by atoms with Crippen molar-refractivity contribution in [2.24, 2.45) is 0 Å². The lowest BCUT2D eigenvalue weighted by atomic mass is 10.1. The summed E-state index contributed by atoms with van der Waals surface area (Å²) in [5, 5.41) is 2.63. The third kappa shape index (κ3) is 5.01. The molecule has 2 N–H and O–H groups in total. The van der Waals surface area contributed by atoms with Gasteiger partial charge < -0.3 is 10.1 Å². The Morgan fingerprint density at radius 3 is 2.43 bits per heavy atom. The number of carbonyl (C=O) groups excluding carboxylic acids is 2. The van der Waals surface area contributed by atoms with Crippen LogP contribution in [-0.4, -0.2) is 27.4 Å². The van der Waals surface area contributed by atoms with Crippen LogP contribution < -0.4 is 10.0 Å². The molecule has 2 aromatic carbocycles. The highest BCUT2D eigenvalue weighted by Gasteiger charge is 2.21. The van der Waals surface area contributed by atoms with Gasteiger partial charge in [-0.25, -0.2) is 13.2 Å². The number of nitrogens with one attached hydrogen (secondary N) is 2. The molecular weight excluding hydrogens is 516 g/mol. The van der Waals surface area contributed by atoms with E-state index in [4.69, 9.17) is 16.3 Å². The average molecular weight is 530 g/mol. The minimum absolute atomic E-state index is 0.0172. The first kappa shape index (κ1) is 22.3. The van der Waals surface area contributed by atoms with E-state index in [0.717, 1.165) is 11.3 Å². The number of ether oxygens (including phenoxy) is 1. The van der Waals surface area contributed by atoms with Gasteiger partial charge in [-0.1, -0.05) is 39.7 Å². The van der Waals surface area contributed by atoms with Crippen molar-refractivity contribution in [1.82, 2.24) is 0 Å². The van der Waals surface area contributed by atoms with Gasteiger partial charge in [-0.3, -0.25) is 9.52 Å². The van der Waals surface area contributed by atoms with Gasteiger partial charge in [0.25, 0.3) is 15.9 Å². The molecule has 156 valence electrons. The Balaban J connectivity index is 1.91. The Labute approximate surface area is 190 Å². The summed E-state index contributed by atoms with van der Waals surface area (Å²) in [6.07, 6.45) is 0. The van der Waals surface area contributed by atoms with Gasteiger partial charge >= 0.3 is 5.97 Å². The second kappa shape index (κ2) is 9.17. The van der Waals surface area contributed by atoms with Gasteiger partial charge in [0.05, 0.1) is 33.9 Å². The van der Waals surface area contributed by atoms with E-state index in [1.807, 2.05) is 0 Å². The zero-order valence-electron chi connectivity index (χ0n) is 15.3. The molecular formula is C19H14BrClN2O5S2. The third-order valence-corrected chi connectivity index (χ3v) is 7.45. The fourth-order valence-corrected chi connectivity index (χ4v) is 5.42. The molecule has 0 atom stereocenters. The molecule has 1 amide bonds. The average Bonchev–Trinajstić information content (AvgIpc) is 3.16. The standard InChI is InChI=1S/C19H14BrClN2O5S2/c1-28-19(25)13-10-11(20)6-7-14(13)22-18(24)12-4-2-3-5-15(12)23-30(26,27)17-9-8-16(21)29-17/h2-10,23H,1H3,(H,22,24). The number of sulfonamides is 1. The van der Waals surface area contributed by atoms with Crippen LogP contribution in [0.1, 0.15) is 20.7 Å². The van der Waals surface area contributed by atoms with E-state index in [1.165, 1.54) is 43.5 Å². The number of hydrogen-bond acceptors (Lipinski definition) is 6. The summed E-state index contributed by atoms with van der Waals surface area (Å²) in [5.74, 6) is -1.24. The van der Waals surface area contributed by atoms with E-state index in [1.54, 1.807) is 18.2 Å². The van der Waals surface area contributed by atoms with E-state index >= 15 is 0 Å². The second-order valence-electron chi connectivity index (χ2n) is 5.85. The van der Waals surface area contributed by atoms with Gasteiger partial charge in [0.1, 0.15) is 4.21 Å². The smallest absolute Gasteiger partial charge is 0.340 e. The highest BCUT2D eigenvalue weighted by molar-refractivity contribution is 9.10. The zero-order chi connectivity index (χ0) is 21.9. The van der Waals surface area contributed by atoms with Crippen LogP contribution in [0.3, 0.4) is 0 Å². The van der Waals surface area contributed by atoms with Gasteiger partial charge in [-0.05, 0) is 42.5 Å². The number of esters is 1. The first-order chi connectivity index (χ1) is 14.2. The Morgan fingerprint density at radius 1 is 1.03 bits per heavy atom. The Bertz CT molecular complexity index is 1230. The van der Waals surface area contributed by atoms with Crippen molar-refractivity contribution in [3.63, 3.8) is 0 Å². The van der Waals surface area contributed by atoms with Crippen LogP contribution in [0.4, 0.5) is 11.4 Å². The summed E-state index contributed by atoms with van der Waals surface area (Å²) in [6, 6.07) is 13.7. The van der Waals surface area contributed by atoms with Crippen molar-refractivity contribution in [3.8, 4) is 0 Å². The molecule has 0 saturated heterocycles. The maximum atomic E-state index is 12.9. The topological polar surface area (TPSA) is 102 Å².